The van der Waals surface area contributed by atoms with E-state index < -0.39 is 0 Å². The third-order valence-corrected chi connectivity index (χ3v) is 5.15. The average Bonchev–Trinajstić information content (AvgIpc) is 3.17. The molecule has 8 nitrogen and oxygen atoms in total. The summed E-state index contributed by atoms with van der Waals surface area (Å²) in [5.41, 5.74) is 1.43. The molecule has 0 bridgehead atoms. The van der Waals surface area contributed by atoms with Crippen LogP contribution in [0.2, 0.25) is 0 Å². The first kappa shape index (κ1) is 15.9. The molecule has 1 saturated heterocycles. The number of hydrogen-bond donors (Lipinski definition) is 2. The number of rotatable bonds is 4. The van der Waals surface area contributed by atoms with Crippen molar-refractivity contribution in [3.05, 3.63) is 35.7 Å². The molecule has 0 spiro atoms. The van der Waals surface area contributed by atoms with Crippen molar-refractivity contribution in [2.45, 2.75) is 43.7 Å². The van der Waals surface area contributed by atoms with Crippen LogP contribution in [0.15, 0.2) is 18.5 Å². The van der Waals surface area contributed by atoms with E-state index in [2.05, 4.69) is 20.5 Å². The number of aromatic nitrogens is 4. The fraction of sp³-hybridized carbons (Fsp3) is 0.529. The fourth-order valence-electron chi connectivity index (χ4n) is 3.50. The summed E-state index contributed by atoms with van der Waals surface area (Å²) in [6.45, 7) is 0. The quantitative estimate of drug-likeness (QED) is 0.870. The number of hydrogen-bond acceptors (Lipinski definition) is 4. The maximum Gasteiger partial charge on any atom is 0.272 e. The maximum atomic E-state index is 12.6. The lowest BCUT2D eigenvalue weighted by molar-refractivity contribution is -0.136. The Kier molecular flexibility index (Phi) is 3.82. The van der Waals surface area contributed by atoms with Crippen LogP contribution in [0.3, 0.4) is 0 Å². The van der Waals surface area contributed by atoms with Crippen LogP contribution in [0.1, 0.15) is 59.6 Å². The first-order chi connectivity index (χ1) is 12.0. The predicted molar refractivity (Wildman–Crippen MR) is 89.8 cm³/mol. The third-order valence-electron chi connectivity index (χ3n) is 5.15. The highest BCUT2D eigenvalue weighted by atomic mass is 16.2. The highest BCUT2D eigenvalue weighted by Gasteiger charge is 2.38. The van der Waals surface area contributed by atoms with E-state index in [9.17, 15) is 9.59 Å². The Balaban J connectivity index is 1.55. The van der Waals surface area contributed by atoms with Crippen LogP contribution < -0.4 is 5.32 Å². The van der Waals surface area contributed by atoms with Crippen molar-refractivity contribution in [2.75, 3.05) is 7.05 Å². The Morgan fingerprint density at radius 3 is 2.80 bits per heavy atom. The number of aryl methyl sites for hydroxylation is 1. The van der Waals surface area contributed by atoms with Crippen molar-refractivity contribution in [2.24, 2.45) is 7.05 Å². The zero-order valence-corrected chi connectivity index (χ0v) is 14.4. The number of nitrogens with one attached hydrogen (secondary N) is 2. The van der Waals surface area contributed by atoms with E-state index in [4.69, 9.17) is 0 Å². The molecular weight excluding hydrogens is 320 g/mol. The normalized spacial score (nSPS) is 23.8. The lowest BCUT2D eigenvalue weighted by Crippen LogP contribution is -2.51. The van der Waals surface area contributed by atoms with Crippen LogP contribution >= 0.6 is 0 Å². The van der Waals surface area contributed by atoms with Crippen LogP contribution in [-0.2, 0) is 11.8 Å². The van der Waals surface area contributed by atoms with Gasteiger partial charge in [-0.15, -0.1) is 0 Å². The van der Waals surface area contributed by atoms with Crippen molar-refractivity contribution >= 4 is 11.8 Å². The molecule has 4 rings (SSSR count). The minimum absolute atomic E-state index is 0.0642. The number of aromatic amines is 1. The van der Waals surface area contributed by atoms with E-state index in [1.54, 1.807) is 18.1 Å². The first-order valence-electron chi connectivity index (χ1n) is 8.63. The van der Waals surface area contributed by atoms with E-state index in [0.717, 1.165) is 24.4 Å². The van der Waals surface area contributed by atoms with Gasteiger partial charge < -0.3 is 14.8 Å². The van der Waals surface area contributed by atoms with Gasteiger partial charge in [0.05, 0.1) is 6.04 Å². The molecular formula is C17H22N6O2. The molecule has 2 amide bonds. The summed E-state index contributed by atoms with van der Waals surface area (Å²) in [7, 11) is 3.66. The van der Waals surface area contributed by atoms with Crippen LogP contribution in [0, 0.1) is 0 Å². The molecule has 2 aromatic heterocycles. The summed E-state index contributed by atoms with van der Waals surface area (Å²) in [4.78, 5) is 30.9. The monoisotopic (exact) mass is 342 g/mol. The molecule has 2 fully saturated rings. The van der Waals surface area contributed by atoms with Crippen molar-refractivity contribution < 1.29 is 9.59 Å². The van der Waals surface area contributed by atoms with Gasteiger partial charge in [-0.3, -0.25) is 14.7 Å². The standard InChI is InChI=1S/C17H22N6O2/c1-22-8-7-18-16(22)15-11(5-6-14(24)23(15)2)19-17(25)13-9-12(20-21-13)10-3-4-10/h7-11,15H,3-6H2,1-2H3,(H,19,25)(H,20,21)/t11-,15-/m1/s1. The number of likely N-dealkylation sites (tertiary alicyclic amines) is 1. The predicted octanol–water partition coefficient (Wildman–Crippen LogP) is 1.11. The number of amides is 2. The number of piperidine rings is 1. The highest BCUT2D eigenvalue weighted by molar-refractivity contribution is 5.92. The molecule has 132 valence electrons. The SMILES string of the molecule is CN1C(=O)CC[C@@H](NC(=O)c2cc(C3CC3)[nH]n2)[C@@H]1c1nccn1C. The molecule has 2 aromatic rings. The molecule has 2 N–H and O–H groups in total. The van der Waals surface area contributed by atoms with Crippen molar-refractivity contribution in [1.82, 2.24) is 30.0 Å². The number of imidazole rings is 1. The van der Waals surface area contributed by atoms with Gasteiger partial charge in [0.25, 0.3) is 5.91 Å². The van der Waals surface area contributed by atoms with Crippen molar-refractivity contribution in [3.63, 3.8) is 0 Å². The Bertz CT molecular complexity index is 806. The molecule has 2 atom stereocenters. The van der Waals surface area contributed by atoms with E-state index >= 15 is 0 Å². The van der Waals surface area contributed by atoms with Gasteiger partial charge >= 0.3 is 0 Å². The van der Waals surface area contributed by atoms with Crippen molar-refractivity contribution in [1.29, 1.82) is 0 Å². The largest absolute Gasteiger partial charge is 0.345 e. The lowest BCUT2D eigenvalue weighted by atomic mass is 9.95. The summed E-state index contributed by atoms with van der Waals surface area (Å²) >= 11 is 0. The van der Waals surface area contributed by atoms with Gasteiger partial charge in [0.15, 0.2) is 0 Å². The van der Waals surface area contributed by atoms with E-state index in [-0.39, 0.29) is 23.9 Å². The summed E-state index contributed by atoms with van der Waals surface area (Å²) in [6.07, 6.45) is 6.86. The van der Waals surface area contributed by atoms with E-state index in [1.807, 2.05) is 23.9 Å². The summed E-state index contributed by atoms with van der Waals surface area (Å²) < 4.78 is 1.89. The molecule has 3 heterocycles. The topological polar surface area (TPSA) is 95.9 Å². The smallest absolute Gasteiger partial charge is 0.272 e. The van der Waals surface area contributed by atoms with Gasteiger partial charge in [-0.1, -0.05) is 0 Å². The second-order valence-electron chi connectivity index (χ2n) is 6.95. The Morgan fingerprint density at radius 2 is 2.12 bits per heavy atom. The molecule has 8 heteroatoms. The minimum atomic E-state index is -0.285. The molecule has 0 radical (unpaired) electrons. The molecule has 1 aliphatic heterocycles. The summed E-state index contributed by atoms with van der Waals surface area (Å²) in [6, 6.07) is 1.35. The van der Waals surface area contributed by atoms with Gasteiger partial charge in [-0.2, -0.15) is 5.10 Å². The first-order valence-corrected chi connectivity index (χ1v) is 8.63. The van der Waals surface area contributed by atoms with Crippen molar-refractivity contribution in [3.8, 4) is 0 Å². The van der Waals surface area contributed by atoms with E-state index in [1.165, 1.54) is 0 Å². The van der Waals surface area contributed by atoms with E-state index in [0.29, 0.717) is 24.5 Å². The Morgan fingerprint density at radius 1 is 1.32 bits per heavy atom. The highest BCUT2D eigenvalue weighted by Crippen LogP contribution is 2.39. The van der Waals surface area contributed by atoms with Gasteiger partial charge in [0.1, 0.15) is 17.6 Å². The molecule has 0 unspecified atom stereocenters. The second-order valence-corrected chi connectivity index (χ2v) is 6.95. The number of carbonyl (C=O) groups is 2. The number of likely N-dealkylation sites (N-methyl/N-ethyl adjacent to an activating group) is 1. The zero-order valence-electron chi connectivity index (χ0n) is 14.4. The molecule has 25 heavy (non-hydrogen) atoms. The number of H-pyrrole nitrogens is 1. The zero-order chi connectivity index (χ0) is 17.6. The van der Waals surface area contributed by atoms with Crippen LogP contribution in [-0.4, -0.2) is 49.6 Å². The number of carbonyl (C=O) groups excluding carboxylic acids is 2. The second kappa shape index (κ2) is 6.02. The third kappa shape index (κ3) is 2.92. The van der Waals surface area contributed by atoms with Crippen LogP contribution in [0.25, 0.3) is 0 Å². The molecule has 1 aliphatic carbocycles. The minimum Gasteiger partial charge on any atom is -0.345 e. The van der Waals surface area contributed by atoms with Gasteiger partial charge in [-0.25, -0.2) is 4.98 Å². The van der Waals surface area contributed by atoms with Crippen LogP contribution in [0.4, 0.5) is 0 Å². The lowest BCUT2D eigenvalue weighted by Gasteiger charge is -2.38. The Labute approximate surface area is 145 Å². The van der Waals surface area contributed by atoms with Gasteiger partial charge in [0, 0.05) is 44.5 Å². The summed E-state index contributed by atoms with van der Waals surface area (Å²) in [5.74, 6) is 1.14. The average molecular weight is 342 g/mol. The summed E-state index contributed by atoms with van der Waals surface area (Å²) in [5, 5.41) is 10.2. The molecule has 0 aromatic carbocycles. The molecule has 2 aliphatic rings. The van der Waals surface area contributed by atoms with Gasteiger partial charge in [0.2, 0.25) is 5.91 Å². The maximum absolute atomic E-state index is 12.6. The fourth-order valence-corrected chi connectivity index (χ4v) is 3.50. The van der Waals surface area contributed by atoms with Crippen LogP contribution in [0.5, 0.6) is 0 Å². The number of nitrogens with zero attached hydrogens (tertiary/aromatic N) is 4. The molecule has 1 saturated carbocycles. The van der Waals surface area contributed by atoms with Gasteiger partial charge in [-0.05, 0) is 25.3 Å². The Hall–Kier alpha value is -2.64.